The molecule has 0 radical (unpaired) electrons. The summed E-state index contributed by atoms with van der Waals surface area (Å²) < 4.78 is 44.1. The molecular formula is C16H20FIO4S. The highest BCUT2D eigenvalue weighted by Crippen LogP contribution is 2.64. The van der Waals surface area contributed by atoms with E-state index in [-0.39, 0.29) is 22.9 Å². The van der Waals surface area contributed by atoms with Gasteiger partial charge in [0.1, 0.15) is 11.6 Å². The minimum absolute atomic E-state index is 0.0152. The summed E-state index contributed by atoms with van der Waals surface area (Å²) in [6.07, 6.45) is 1.97. The fourth-order valence-electron chi connectivity index (χ4n) is 3.85. The van der Waals surface area contributed by atoms with Crippen molar-refractivity contribution in [3.8, 4) is 0 Å². The Labute approximate surface area is 149 Å². The quantitative estimate of drug-likeness (QED) is 0.547. The first-order valence-corrected chi connectivity index (χ1v) is 10.1. The molecule has 2 aliphatic carbocycles. The van der Waals surface area contributed by atoms with Crippen molar-refractivity contribution in [1.29, 1.82) is 0 Å². The van der Waals surface area contributed by atoms with Gasteiger partial charge < -0.3 is 0 Å². The SMILES string of the molecule is CC1(C)C2CCC1(CS(=O)(=O)O)C(=O)C2.Fc1ccc(I)cc1. The second kappa shape index (κ2) is 6.40. The van der Waals surface area contributed by atoms with Gasteiger partial charge in [0.25, 0.3) is 10.1 Å². The molecule has 0 amide bonds. The maximum absolute atomic E-state index is 12.1. The Balaban J connectivity index is 0.000000203. The lowest BCUT2D eigenvalue weighted by Crippen LogP contribution is -2.42. The average Bonchev–Trinajstić information content (AvgIpc) is 2.75. The van der Waals surface area contributed by atoms with E-state index >= 15 is 0 Å². The predicted molar refractivity (Wildman–Crippen MR) is 94.1 cm³/mol. The molecule has 1 N–H and O–H groups in total. The number of hydrogen-bond donors (Lipinski definition) is 1. The van der Waals surface area contributed by atoms with Crippen molar-refractivity contribution in [3.63, 3.8) is 0 Å². The van der Waals surface area contributed by atoms with Crippen LogP contribution in [0.25, 0.3) is 0 Å². The largest absolute Gasteiger partial charge is 0.299 e. The van der Waals surface area contributed by atoms with E-state index in [0.717, 1.165) is 9.99 Å². The molecule has 0 saturated heterocycles. The second-order valence-electron chi connectivity index (χ2n) is 6.83. The van der Waals surface area contributed by atoms with Crippen LogP contribution < -0.4 is 0 Å². The Morgan fingerprint density at radius 1 is 1.30 bits per heavy atom. The molecule has 0 aliphatic heterocycles. The summed E-state index contributed by atoms with van der Waals surface area (Å²) in [6, 6.07) is 6.36. The Morgan fingerprint density at radius 3 is 2.22 bits per heavy atom. The zero-order valence-electron chi connectivity index (χ0n) is 13.1. The predicted octanol–water partition coefficient (Wildman–Crippen LogP) is 3.70. The van der Waals surface area contributed by atoms with E-state index in [2.05, 4.69) is 22.6 Å². The van der Waals surface area contributed by atoms with Crippen LogP contribution >= 0.6 is 22.6 Å². The molecule has 1 aromatic carbocycles. The number of hydrogen-bond acceptors (Lipinski definition) is 3. The zero-order valence-corrected chi connectivity index (χ0v) is 16.0. The van der Waals surface area contributed by atoms with E-state index in [0.29, 0.717) is 12.8 Å². The Kier molecular flexibility index (Phi) is 5.23. The molecule has 7 heteroatoms. The Hall–Kier alpha value is -0.540. The Morgan fingerprint density at radius 2 is 1.87 bits per heavy atom. The molecule has 4 nitrogen and oxygen atoms in total. The van der Waals surface area contributed by atoms with Crippen molar-refractivity contribution in [1.82, 2.24) is 0 Å². The summed E-state index contributed by atoms with van der Waals surface area (Å²) in [4.78, 5) is 11.9. The number of Topliss-reactive ketones (excluding diaryl/α,β-unsaturated/α-hetero) is 1. The van der Waals surface area contributed by atoms with Crippen LogP contribution in [0.5, 0.6) is 0 Å². The highest BCUT2D eigenvalue weighted by Gasteiger charge is 2.65. The van der Waals surface area contributed by atoms with Gasteiger partial charge in [0.15, 0.2) is 0 Å². The monoisotopic (exact) mass is 454 g/mol. The van der Waals surface area contributed by atoms with Crippen molar-refractivity contribution in [2.45, 2.75) is 33.1 Å². The summed E-state index contributed by atoms with van der Waals surface area (Å²) in [6.45, 7) is 3.89. The van der Waals surface area contributed by atoms with E-state index in [4.69, 9.17) is 4.55 Å². The maximum atomic E-state index is 12.1. The van der Waals surface area contributed by atoms with Crippen molar-refractivity contribution in [2.24, 2.45) is 16.7 Å². The summed E-state index contributed by atoms with van der Waals surface area (Å²) in [5.74, 6) is -0.277. The molecule has 1 aromatic rings. The van der Waals surface area contributed by atoms with Gasteiger partial charge in [0.2, 0.25) is 0 Å². The summed E-state index contributed by atoms with van der Waals surface area (Å²) in [7, 11) is -4.08. The van der Waals surface area contributed by atoms with Gasteiger partial charge >= 0.3 is 0 Å². The maximum Gasteiger partial charge on any atom is 0.265 e. The first kappa shape index (κ1) is 18.8. The van der Waals surface area contributed by atoms with Gasteiger partial charge in [-0.3, -0.25) is 9.35 Å². The number of fused-ring (bicyclic) bond motifs is 2. The number of benzene rings is 1. The number of carbonyl (C=O) groups excluding carboxylic acids is 1. The first-order chi connectivity index (χ1) is 10.5. The lowest BCUT2D eigenvalue weighted by atomic mass is 9.70. The van der Waals surface area contributed by atoms with Crippen LogP contribution in [0.15, 0.2) is 24.3 Å². The van der Waals surface area contributed by atoms with E-state index in [1.165, 1.54) is 12.1 Å². The standard InChI is InChI=1S/C10H16O4S.C6H4FI/c1-9(2)7-3-4-10(9,8(11)5-7)6-15(12,13)14;7-5-1-3-6(8)4-2-5/h7H,3-6H2,1-2H3,(H,12,13,14);1-4H. The molecule has 23 heavy (non-hydrogen) atoms. The lowest BCUT2D eigenvalue weighted by molar-refractivity contribution is -0.128. The second-order valence-corrected chi connectivity index (χ2v) is 9.53. The van der Waals surface area contributed by atoms with Gasteiger partial charge in [-0.2, -0.15) is 8.42 Å². The number of carbonyl (C=O) groups is 1. The van der Waals surface area contributed by atoms with E-state index < -0.39 is 21.3 Å². The van der Waals surface area contributed by atoms with Crippen LogP contribution in [0.3, 0.4) is 0 Å². The van der Waals surface area contributed by atoms with Gasteiger partial charge in [-0.1, -0.05) is 13.8 Å². The van der Waals surface area contributed by atoms with Crippen LogP contribution in [0, 0.1) is 26.1 Å². The molecular weight excluding hydrogens is 434 g/mol. The minimum Gasteiger partial charge on any atom is -0.299 e. The van der Waals surface area contributed by atoms with Crippen molar-refractivity contribution in [2.75, 3.05) is 5.75 Å². The molecule has 2 atom stereocenters. The van der Waals surface area contributed by atoms with E-state index in [1.807, 2.05) is 13.8 Å². The summed E-state index contributed by atoms with van der Waals surface area (Å²) in [5.41, 5.74) is -1.12. The van der Waals surface area contributed by atoms with Gasteiger partial charge in [-0.05, 0) is 71.0 Å². The van der Waals surface area contributed by atoms with Crippen LogP contribution in [0.4, 0.5) is 4.39 Å². The van der Waals surface area contributed by atoms with Crippen molar-refractivity contribution < 1.29 is 22.2 Å². The van der Waals surface area contributed by atoms with Gasteiger partial charge in [0.05, 0.1) is 11.2 Å². The fourth-order valence-corrected chi connectivity index (χ4v) is 5.51. The van der Waals surface area contributed by atoms with Crippen LogP contribution in [0.1, 0.15) is 33.1 Å². The molecule has 2 unspecified atom stereocenters. The third-order valence-corrected chi connectivity index (χ3v) is 6.95. The third-order valence-electron chi connectivity index (χ3n) is 5.37. The third kappa shape index (κ3) is 3.76. The van der Waals surface area contributed by atoms with Gasteiger partial charge in [-0.25, -0.2) is 4.39 Å². The number of ketones is 1. The minimum atomic E-state index is -4.08. The summed E-state index contributed by atoms with van der Waals surface area (Å²) in [5, 5.41) is 0. The first-order valence-electron chi connectivity index (χ1n) is 7.37. The van der Waals surface area contributed by atoms with E-state index in [9.17, 15) is 17.6 Å². The zero-order chi connectivity index (χ0) is 17.5. The summed E-state index contributed by atoms with van der Waals surface area (Å²) >= 11 is 2.13. The molecule has 2 saturated carbocycles. The normalized spacial score (nSPS) is 28.4. The van der Waals surface area contributed by atoms with Crippen LogP contribution in [0.2, 0.25) is 0 Å². The molecule has 0 aromatic heterocycles. The molecule has 128 valence electrons. The number of halogens is 2. The molecule has 2 bridgehead atoms. The van der Waals surface area contributed by atoms with Crippen LogP contribution in [-0.2, 0) is 14.9 Å². The lowest BCUT2D eigenvalue weighted by Gasteiger charge is -2.35. The van der Waals surface area contributed by atoms with Gasteiger partial charge in [-0.15, -0.1) is 0 Å². The molecule has 2 aliphatic rings. The van der Waals surface area contributed by atoms with Gasteiger partial charge in [0, 0.05) is 9.99 Å². The van der Waals surface area contributed by atoms with E-state index in [1.54, 1.807) is 12.1 Å². The smallest absolute Gasteiger partial charge is 0.265 e. The van der Waals surface area contributed by atoms with Crippen molar-refractivity contribution >= 4 is 38.5 Å². The van der Waals surface area contributed by atoms with Crippen LogP contribution in [-0.4, -0.2) is 24.5 Å². The Bertz CT molecular complexity index is 678. The topological polar surface area (TPSA) is 71.4 Å². The average molecular weight is 454 g/mol. The number of rotatable bonds is 2. The highest BCUT2D eigenvalue weighted by atomic mass is 127. The highest BCUT2D eigenvalue weighted by molar-refractivity contribution is 14.1. The molecule has 0 heterocycles. The molecule has 3 rings (SSSR count). The fraction of sp³-hybridized carbons (Fsp3) is 0.562. The molecule has 0 spiro atoms. The molecule has 2 fully saturated rings. The van der Waals surface area contributed by atoms with Crippen molar-refractivity contribution in [3.05, 3.63) is 33.7 Å².